The van der Waals surface area contributed by atoms with Crippen LogP contribution in [0.25, 0.3) is 0 Å². The standard InChI is InChI=1S/C24H25FN2O4/c25-22-13-17(3-6-23(22)26-9-8-18(28)14-26)27-10-7-16-12-19(4-5-21(16)24(27)29)31-15-20-2-1-11-30-20/h3-6,12-13,20H,1-2,7-11,14-15H2. The van der Waals surface area contributed by atoms with Crippen LogP contribution in [-0.4, -0.2) is 50.6 Å². The molecular formula is C24H25FN2O4. The van der Waals surface area contributed by atoms with Gasteiger partial charge in [-0.25, -0.2) is 4.39 Å². The highest BCUT2D eigenvalue weighted by molar-refractivity contribution is 6.08. The summed E-state index contributed by atoms with van der Waals surface area (Å²) in [7, 11) is 0. The van der Waals surface area contributed by atoms with Crippen LogP contribution in [0.5, 0.6) is 5.75 Å². The second-order valence-corrected chi connectivity index (χ2v) is 8.32. The number of fused-ring (bicyclic) bond motifs is 1. The van der Waals surface area contributed by atoms with Crippen LogP contribution in [0, 0.1) is 5.82 Å². The molecule has 31 heavy (non-hydrogen) atoms. The quantitative estimate of drug-likeness (QED) is 0.737. The van der Waals surface area contributed by atoms with E-state index in [9.17, 15) is 14.0 Å². The minimum absolute atomic E-state index is 0.116. The molecule has 1 amide bonds. The van der Waals surface area contributed by atoms with E-state index in [4.69, 9.17) is 9.47 Å². The monoisotopic (exact) mass is 424 g/mol. The van der Waals surface area contributed by atoms with Crippen LogP contribution < -0.4 is 14.5 Å². The zero-order valence-corrected chi connectivity index (χ0v) is 17.3. The number of Topliss-reactive ketones (excluding diaryl/α,β-unsaturated/α-hetero) is 1. The van der Waals surface area contributed by atoms with Crippen molar-refractivity contribution in [3.05, 3.63) is 53.3 Å². The van der Waals surface area contributed by atoms with Gasteiger partial charge in [0.05, 0.1) is 18.3 Å². The Labute approximate surface area is 180 Å². The molecule has 0 bridgehead atoms. The van der Waals surface area contributed by atoms with Gasteiger partial charge in [0.1, 0.15) is 18.2 Å². The third-order valence-corrected chi connectivity index (χ3v) is 6.23. The fourth-order valence-corrected chi connectivity index (χ4v) is 4.52. The minimum atomic E-state index is -0.413. The predicted molar refractivity (Wildman–Crippen MR) is 115 cm³/mol. The van der Waals surface area contributed by atoms with E-state index in [2.05, 4.69) is 0 Å². The smallest absolute Gasteiger partial charge is 0.258 e. The molecule has 1 atom stereocenters. The number of rotatable bonds is 5. The third kappa shape index (κ3) is 4.02. The molecular weight excluding hydrogens is 399 g/mol. The third-order valence-electron chi connectivity index (χ3n) is 6.23. The molecule has 0 aliphatic carbocycles. The highest BCUT2D eigenvalue weighted by atomic mass is 19.1. The molecule has 0 spiro atoms. The normalized spacial score (nSPS) is 21.0. The molecule has 3 aliphatic heterocycles. The molecule has 162 valence electrons. The lowest BCUT2D eigenvalue weighted by atomic mass is 9.98. The minimum Gasteiger partial charge on any atom is -0.491 e. The Morgan fingerprint density at radius 2 is 2.00 bits per heavy atom. The van der Waals surface area contributed by atoms with Gasteiger partial charge in [-0.2, -0.15) is 0 Å². The van der Waals surface area contributed by atoms with E-state index in [1.54, 1.807) is 28.0 Å². The fraction of sp³-hybridized carbons (Fsp3) is 0.417. The average molecular weight is 424 g/mol. The maximum absolute atomic E-state index is 14.8. The fourth-order valence-electron chi connectivity index (χ4n) is 4.52. The van der Waals surface area contributed by atoms with E-state index >= 15 is 0 Å². The Bertz CT molecular complexity index is 1020. The molecule has 6 nitrogen and oxygen atoms in total. The SMILES string of the molecule is O=C1CCN(c2ccc(N3CCc4cc(OCC5CCCO5)ccc4C3=O)cc2F)C1. The molecule has 5 rings (SSSR count). The Morgan fingerprint density at radius 3 is 2.74 bits per heavy atom. The van der Waals surface area contributed by atoms with E-state index < -0.39 is 5.82 Å². The number of carbonyl (C=O) groups excluding carboxylic acids is 2. The first-order valence-corrected chi connectivity index (χ1v) is 10.8. The van der Waals surface area contributed by atoms with Crippen LogP contribution in [0.1, 0.15) is 35.2 Å². The number of nitrogens with zero attached hydrogens (tertiary/aromatic N) is 2. The first-order chi connectivity index (χ1) is 15.1. The topological polar surface area (TPSA) is 59.1 Å². The number of ether oxygens (including phenoxy) is 2. The second-order valence-electron chi connectivity index (χ2n) is 8.32. The van der Waals surface area contributed by atoms with Gasteiger partial charge < -0.3 is 19.3 Å². The molecule has 7 heteroatoms. The second kappa shape index (κ2) is 8.30. The summed E-state index contributed by atoms with van der Waals surface area (Å²) >= 11 is 0. The number of carbonyl (C=O) groups is 2. The summed E-state index contributed by atoms with van der Waals surface area (Å²) < 4.78 is 26.2. The number of hydrogen-bond acceptors (Lipinski definition) is 5. The molecule has 2 fully saturated rings. The largest absolute Gasteiger partial charge is 0.491 e. The van der Waals surface area contributed by atoms with E-state index in [0.717, 1.165) is 30.8 Å². The first-order valence-electron chi connectivity index (χ1n) is 10.8. The molecule has 3 heterocycles. The molecule has 0 saturated carbocycles. The molecule has 0 aromatic heterocycles. The van der Waals surface area contributed by atoms with Gasteiger partial charge in [0, 0.05) is 37.4 Å². The zero-order valence-electron chi connectivity index (χ0n) is 17.3. The lowest BCUT2D eigenvalue weighted by Gasteiger charge is -2.29. The first kappa shape index (κ1) is 20.0. The van der Waals surface area contributed by atoms with Gasteiger partial charge in [-0.15, -0.1) is 0 Å². The van der Waals surface area contributed by atoms with Gasteiger partial charge in [0.2, 0.25) is 0 Å². The maximum atomic E-state index is 14.8. The van der Waals surface area contributed by atoms with E-state index in [-0.39, 0.29) is 24.3 Å². The highest BCUT2D eigenvalue weighted by Crippen LogP contribution is 2.31. The Hall–Kier alpha value is -2.93. The van der Waals surface area contributed by atoms with Gasteiger partial charge in [0.15, 0.2) is 5.78 Å². The van der Waals surface area contributed by atoms with Crippen LogP contribution in [0.2, 0.25) is 0 Å². The number of halogens is 1. The van der Waals surface area contributed by atoms with Crippen molar-refractivity contribution in [1.29, 1.82) is 0 Å². The zero-order chi connectivity index (χ0) is 21.4. The van der Waals surface area contributed by atoms with Crippen molar-refractivity contribution in [2.75, 3.05) is 42.6 Å². The summed E-state index contributed by atoms with van der Waals surface area (Å²) in [6.07, 6.45) is 3.34. The molecule has 2 saturated heterocycles. The van der Waals surface area contributed by atoms with E-state index in [0.29, 0.717) is 49.5 Å². The lowest BCUT2D eigenvalue weighted by Crippen LogP contribution is -2.37. The van der Waals surface area contributed by atoms with Gasteiger partial charge in [0.25, 0.3) is 5.91 Å². The summed E-state index contributed by atoms with van der Waals surface area (Å²) in [5.41, 5.74) is 2.50. The predicted octanol–water partition coefficient (Wildman–Crippen LogP) is 3.37. The van der Waals surface area contributed by atoms with Crippen molar-refractivity contribution < 1.29 is 23.5 Å². The molecule has 2 aromatic rings. The summed E-state index contributed by atoms with van der Waals surface area (Å²) in [4.78, 5) is 27.9. The van der Waals surface area contributed by atoms with E-state index in [1.807, 2.05) is 12.1 Å². The molecule has 0 N–H and O–H groups in total. The number of ketones is 1. The summed E-state index contributed by atoms with van der Waals surface area (Å²) in [5.74, 6) is 0.301. The van der Waals surface area contributed by atoms with Crippen LogP contribution in [0.15, 0.2) is 36.4 Å². The van der Waals surface area contributed by atoms with Gasteiger partial charge in [-0.05, 0) is 61.2 Å². The van der Waals surface area contributed by atoms with Gasteiger partial charge in [-0.3, -0.25) is 9.59 Å². The van der Waals surface area contributed by atoms with E-state index in [1.165, 1.54) is 6.07 Å². The van der Waals surface area contributed by atoms with Crippen molar-refractivity contribution in [1.82, 2.24) is 0 Å². The number of anilines is 2. The van der Waals surface area contributed by atoms with Crippen LogP contribution in [0.3, 0.4) is 0 Å². The lowest BCUT2D eigenvalue weighted by molar-refractivity contribution is -0.116. The summed E-state index contributed by atoms with van der Waals surface area (Å²) in [5, 5.41) is 0. The van der Waals surface area contributed by atoms with Crippen molar-refractivity contribution in [2.24, 2.45) is 0 Å². The van der Waals surface area contributed by atoms with Crippen LogP contribution >= 0.6 is 0 Å². The summed E-state index contributed by atoms with van der Waals surface area (Å²) in [6, 6.07) is 10.3. The summed E-state index contributed by atoms with van der Waals surface area (Å²) in [6.45, 7) is 2.56. The van der Waals surface area contributed by atoms with Crippen molar-refractivity contribution in [2.45, 2.75) is 31.8 Å². The van der Waals surface area contributed by atoms with Crippen LogP contribution in [-0.2, 0) is 16.0 Å². The number of hydrogen-bond donors (Lipinski definition) is 0. The van der Waals surface area contributed by atoms with Crippen molar-refractivity contribution in [3.63, 3.8) is 0 Å². The van der Waals surface area contributed by atoms with Crippen LogP contribution in [0.4, 0.5) is 15.8 Å². The number of benzene rings is 2. The average Bonchev–Trinajstić information content (AvgIpc) is 3.44. The van der Waals surface area contributed by atoms with Crippen molar-refractivity contribution >= 4 is 23.1 Å². The van der Waals surface area contributed by atoms with Gasteiger partial charge >= 0.3 is 0 Å². The molecule has 1 unspecified atom stereocenters. The number of amides is 1. The van der Waals surface area contributed by atoms with Gasteiger partial charge in [-0.1, -0.05) is 0 Å². The molecule has 2 aromatic carbocycles. The molecule has 3 aliphatic rings. The Kier molecular flexibility index (Phi) is 5.36. The van der Waals surface area contributed by atoms with Crippen molar-refractivity contribution in [3.8, 4) is 5.75 Å². The molecule has 0 radical (unpaired) electrons. The Morgan fingerprint density at radius 1 is 1.10 bits per heavy atom. The Balaban J connectivity index is 1.30. The highest BCUT2D eigenvalue weighted by Gasteiger charge is 2.28. The maximum Gasteiger partial charge on any atom is 0.258 e.